The number of urea groups is 1. The number of hydrogen-bond donors (Lipinski definition) is 3. The van der Waals surface area contributed by atoms with Gasteiger partial charge in [-0.1, -0.05) is 12.1 Å². The van der Waals surface area contributed by atoms with Gasteiger partial charge < -0.3 is 5.32 Å². The maximum absolute atomic E-state index is 12.1. The Balaban J connectivity index is 1.54. The minimum Gasteiger partial charge on any atom is -0.307 e. The Kier molecular flexibility index (Phi) is 4.62. The molecule has 0 radical (unpaired) electrons. The maximum Gasteiger partial charge on any atom is 0.337 e. The van der Waals surface area contributed by atoms with E-state index in [0.29, 0.717) is 10.6 Å². The molecule has 0 aliphatic heterocycles. The van der Waals surface area contributed by atoms with Gasteiger partial charge in [-0.2, -0.15) is 0 Å². The Morgan fingerprint density at radius 1 is 1.09 bits per heavy atom. The number of thiophene rings is 1. The molecule has 0 saturated heterocycles. The summed E-state index contributed by atoms with van der Waals surface area (Å²) >= 11 is 1.52. The van der Waals surface area contributed by atoms with Gasteiger partial charge in [0.2, 0.25) is 0 Å². The summed E-state index contributed by atoms with van der Waals surface area (Å²) in [4.78, 5) is 25.9. The third-order valence-electron chi connectivity index (χ3n) is 3.79. The third-order valence-corrected chi connectivity index (χ3v) is 5.02. The molecule has 0 unspecified atom stereocenters. The lowest BCUT2D eigenvalue weighted by Gasteiger charge is -2.08. The topological polar surface area (TPSA) is 70.2 Å². The normalized spacial score (nSPS) is 13.1. The van der Waals surface area contributed by atoms with Gasteiger partial charge in [0.25, 0.3) is 5.91 Å². The van der Waals surface area contributed by atoms with E-state index in [2.05, 4.69) is 16.2 Å². The number of nitrogens with one attached hydrogen (secondary N) is 3. The second kappa shape index (κ2) is 6.83. The molecule has 1 aromatic heterocycles. The van der Waals surface area contributed by atoms with Crippen LogP contribution in [-0.2, 0) is 12.8 Å². The molecule has 3 amide bonds. The summed E-state index contributed by atoms with van der Waals surface area (Å²) in [5.41, 5.74) is 7.85. The van der Waals surface area contributed by atoms with Crippen molar-refractivity contribution >= 4 is 29.0 Å². The first-order valence-corrected chi connectivity index (χ1v) is 8.49. The summed E-state index contributed by atoms with van der Waals surface area (Å²) in [6, 6.07) is 8.93. The minimum absolute atomic E-state index is 0.274. The van der Waals surface area contributed by atoms with Crippen LogP contribution in [-0.4, -0.2) is 11.9 Å². The number of hydrogen-bond acceptors (Lipinski definition) is 3. The van der Waals surface area contributed by atoms with Crippen molar-refractivity contribution in [1.82, 2.24) is 10.9 Å². The highest BCUT2D eigenvalue weighted by Gasteiger charge is 2.17. The standard InChI is InChI=1S/C17H19N3O2S/c1-11-5-4-7-13(9-11)18-17(22)20-19-16(21)15-10-12-6-2-3-8-14(12)23-15/h4-5,7,9-10H,2-3,6,8H2,1H3,(H,19,21)(H2,18,20,22). The van der Waals surface area contributed by atoms with E-state index in [9.17, 15) is 9.59 Å². The molecule has 0 fully saturated rings. The predicted molar refractivity (Wildman–Crippen MR) is 91.8 cm³/mol. The molecule has 3 rings (SSSR count). The number of hydrazine groups is 1. The first kappa shape index (κ1) is 15.6. The van der Waals surface area contributed by atoms with Crippen molar-refractivity contribution in [2.24, 2.45) is 0 Å². The van der Waals surface area contributed by atoms with Crippen LogP contribution in [0.5, 0.6) is 0 Å². The van der Waals surface area contributed by atoms with Crippen molar-refractivity contribution in [1.29, 1.82) is 0 Å². The number of amides is 3. The van der Waals surface area contributed by atoms with Crippen LogP contribution >= 0.6 is 11.3 Å². The molecule has 3 N–H and O–H groups in total. The molecule has 1 aromatic carbocycles. The van der Waals surface area contributed by atoms with E-state index in [0.717, 1.165) is 18.4 Å². The fourth-order valence-electron chi connectivity index (χ4n) is 2.66. The minimum atomic E-state index is -0.467. The van der Waals surface area contributed by atoms with Gasteiger partial charge in [-0.25, -0.2) is 10.2 Å². The zero-order valence-corrected chi connectivity index (χ0v) is 13.8. The van der Waals surface area contributed by atoms with Crippen LogP contribution in [0.4, 0.5) is 10.5 Å². The Hall–Kier alpha value is -2.34. The number of anilines is 1. The number of fused-ring (bicyclic) bond motifs is 1. The van der Waals surface area contributed by atoms with Crippen LogP contribution in [0.2, 0.25) is 0 Å². The molecule has 0 spiro atoms. The Morgan fingerprint density at radius 2 is 1.91 bits per heavy atom. The fourth-order valence-corrected chi connectivity index (χ4v) is 3.81. The van der Waals surface area contributed by atoms with Crippen molar-refractivity contribution in [3.63, 3.8) is 0 Å². The van der Waals surface area contributed by atoms with Gasteiger partial charge >= 0.3 is 6.03 Å². The molecule has 23 heavy (non-hydrogen) atoms. The summed E-state index contributed by atoms with van der Waals surface area (Å²) in [6.45, 7) is 1.95. The van der Waals surface area contributed by atoms with Gasteiger partial charge in [0.05, 0.1) is 4.88 Å². The van der Waals surface area contributed by atoms with E-state index in [1.807, 2.05) is 31.2 Å². The fraction of sp³-hybridized carbons (Fsp3) is 0.294. The smallest absolute Gasteiger partial charge is 0.307 e. The zero-order valence-electron chi connectivity index (χ0n) is 12.9. The Morgan fingerprint density at radius 3 is 2.70 bits per heavy atom. The summed E-state index contributed by atoms with van der Waals surface area (Å²) in [5.74, 6) is -0.274. The highest BCUT2D eigenvalue weighted by atomic mass is 32.1. The SMILES string of the molecule is Cc1cccc(NC(=O)NNC(=O)c2cc3c(s2)CCCC3)c1. The van der Waals surface area contributed by atoms with Crippen molar-refractivity contribution < 1.29 is 9.59 Å². The summed E-state index contributed by atoms with van der Waals surface area (Å²) in [7, 11) is 0. The third kappa shape index (κ3) is 3.90. The van der Waals surface area contributed by atoms with E-state index < -0.39 is 6.03 Å². The lowest BCUT2D eigenvalue weighted by Crippen LogP contribution is -2.43. The average molecular weight is 329 g/mol. The summed E-state index contributed by atoms with van der Waals surface area (Å²) in [6.07, 6.45) is 4.46. The molecule has 5 nitrogen and oxygen atoms in total. The second-order valence-electron chi connectivity index (χ2n) is 5.67. The van der Waals surface area contributed by atoms with Crippen molar-refractivity contribution in [3.8, 4) is 0 Å². The lowest BCUT2D eigenvalue weighted by molar-refractivity contribution is 0.0942. The number of aryl methyl sites for hydroxylation is 3. The van der Waals surface area contributed by atoms with E-state index >= 15 is 0 Å². The van der Waals surface area contributed by atoms with Crippen LogP contribution in [0.3, 0.4) is 0 Å². The van der Waals surface area contributed by atoms with Gasteiger partial charge in [0, 0.05) is 10.6 Å². The highest BCUT2D eigenvalue weighted by molar-refractivity contribution is 7.14. The molecule has 6 heteroatoms. The molecule has 0 bridgehead atoms. The van der Waals surface area contributed by atoms with Crippen LogP contribution in [0.25, 0.3) is 0 Å². The molecular formula is C17H19N3O2S. The average Bonchev–Trinajstić information content (AvgIpc) is 2.97. The van der Waals surface area contributed by atoms with Crippen molar-refractivity contribution in [2.45, 2.75) is 32.6 Å². The molecule has 1 aliphatic carbocycles. The first-order valence-electron chi connectivity index (χ1n) is 7.67. The highest BCUT2D eigenvalue weighted by Crippen LogP contribution is 2.29. The molecule has 1 aliphatic rings. The summed E-state index contributed by atoms with van der Waals surface area (Å²) in [5, 5.41) is 2.68. The lowest BCUT2D eigenvalue weighted by atomic mass is 9.99. The molecule has 120 valence electrons. The van der Waals surface area contributed by atoms with Gasteiger partial charge in [-0.05, 0) is 61.9 Å². The van der Waals surface area contributed by atoms with Crippen LogP contribution in [0.15, 0.2) is 30.3 Å². The Labute approximate surface area is 139 Å². The number of carbonyl (C=O) groups excluding carboxylic acids is 2. The number of rotatable bonds is 2. The van der Waals surface area contributed by atoms with Gasteiger partial charge in [-0.15, -0.1) is 11.3 Å². The van der Waals surface area contributed by atoms with Gasteiger partial charge in [-0.3, -0.25) is 10.2 Å². The first-order chi connectivity index (χ1) is 11.1. The number of carbonyl (C=O) groups is 2. The van der Waals surface area contributed by atoms with Crippen molar-refractivity contribution in [3.05, 3.63) is 51.2 Å². The quantitative estimate of drug-likeness (QED) is 0.739. The monoisotopic (exact) mass is 329 g/mol. The van der Waals surface area contributed by atoms with Crippen molar-refractivity contribution in [2.75, 3.05) is 5.32 Å². The van der Waals surface area contributed by atoms with Crippen LogP contribution in [0, 0.1) is 6.92 Å². The van der Waals surface area contributed by atoms with Gasteiger partial charge in [0.1, 0.15) is 0 Å². The summed E-state index contributed by atoms with van der Waals surface area (Å²) < 4.78 is 0. The van der Waals surface area contributed by atoms with E-state index in [-0.39, 0.29) is 5.91 Å². The molecule has 2 aromatic rings. The van der Waals surface area contributed by atoms with E-state index in [1.54, 1.807) is 6.07 Å². The predicted octanol–water partition coefficient (Wildman–Crippen LogP) is 3.40. The number of benzene rings is 1. The van der Waals surface area contributed by atoms with Crippen LogP contribution in [0.1, 0.15) is 38.5 Å². The zero-order chi connectivity index (χ0) is 16.2. The molecular weight excluding hydrogens is 310 g/mol. The van der Waals surface area contributed by atoms with E-state index in [1.165, 1.54) is 34.6 Å². The second-order valence-corrected chi connectivity index (χ2v) is 6.81. The maximum atomic E-state index is 12.1. The van der Waals surface area contributed by atoms with E-state index in [4.69, 9.17) is 0 Å². The van der Waals surface area contributed by atoms with Crippen LogP contribution < -0.4 is 16.2 Å². The largest absolute Gasteiger partial charge is 0.337 e. The molecule has 0 saturated carbocycles. The molecule has 1 heterocycles. The Bertz CT molecular complexity index is 716. The molecule has 0 atom stereocenters. The van der Waals surface area contributed by atoms with Gasteiger partial charge in [0.15, 0.2) is 0 Å².